The van der Waals surface area contributed by atoms with Crippen LogP contribution >= 0.6 is 0 Å². The van der Waals surface area contributed by atoms with Crippen molar-refractivity contribution in [3.63, 3.8) is 0 Å². The molecule has 0 bridgehead atoms. The first-order chi connectivity index (χ1) is 6.12. The molecule has 90 valence electrons. The maximum atomic E-state index is 9.51. The van der Waals surface area contributed by atoms with Crippen molar-refractivity contribution in [3.8, 4) is 0 Å². The van der Waals surface area contributed by atoms with Crippen LogP contribution in [0.25, 0.3) is 0 Å². The van der Waals surface area contributed by atoms with Crippen LogP contribution in [0.5, 0.6) is 0 Å². The predicted molar refractivity (Wildman–Crippen MR) is 48.6 cm³/mol. The number of aliphatic hydroxyl groups excluding tert-OH is 1. The molecule has 0 heterocycles. The topological polar surface area (TPSA) is 173 Å². The second-order valence-electron chi connectivity index (χ2n) is 1.50. The Labute approximate surface area is 129 Å². The maximum absolute atomic E-state index is 9.51. The quantitative estimate of drug-likeness (QED) is 0.179. The van der Waals surface area contributed by atoms with Crippen LogP contribution < -0.4 is 5.73 Å². The molecule has 0 aromatic carbocycles. The minimum absolute atomic E-state index is 0. The van der Waals surface area contributed by atoms with Crippen LogP contribution in [-0.2, 0) is 29.5 Å². The Balaban J connectivity index is -0.000000249. The van der Waals surface area contributed by atoms with Crippen LogP contribution in [0, 0.1) is 0 Å². The molecule has 0 rings (SSSR count). The normalized spacial score (nSPS) is 10.9. The molecule has 0 fully saturated rings. The van der Waals surface area contributed by atoms with Crippen molar-refractivity contribution in [2.45, 2.75) is 0 Å². The van der Waals surface area contributed by atoms with E-state index < -0.39 is 20.8 Å². The summed E-state index contributed by atoms with van der Waals surface area (Å²) in [6.45, 7) is 0.472. The van der Waals surface area contributed by atoms with E-state index in [1.54, 1.807) is 0 Å². The second-order valence-corrected chi connectivity index (χ2v) is 3.49. The molecule has 0 aromatic rings. The van der Waals surface area contributed by atoms with Crippen LogP contribution in [0.1, 0.15) is 0 Å². The Hall–Kier alpha value is 1.30. The van der Waals surface area contributed by atoms with Crippen LogP contribution in [0.3, 0.4) is 0 Å². The van der Waals surface area contributed by atoms with E-state index in [9.17, 15) is 16.8 Å². The third kappa shape index (κ3) is 31.3. The summed E-state index contributed by atoms with van der Waals surface area (Å²) < 4.78 is 58.9. The molecule has 0 radical (unpaired) electrons. The first-order valence-electron chi connectivity index (χ1n) is 2.76. The zero-order chi connectivity index (χ0) is 11.8. The SMILES string of the molecule is NCCO.O=S(=O)(O)OOS(=O)(=O)O.[KH]. The molecule has 0 aromatic heterocycles. The van der Waals surface area contributed by atoms with Gasteiger partial charge >= 0.3 is 72.2 Å². The van der Waals surface area contributed by atoms with E-state index in [2.05, 4.69) is 8.67 Å². The average molecular weight is 295 g/mol. The Morgan fingerprint density at radius 3 is 1.27 bits per heavy atom. The van der Waals surface area contributed by atoms with Crippen molar-refractivity contribution < 1.29 is 39.7 Å². The van der Waals surface area contributed by atoms with E-state index in [1.165, 1.54) is 0 Å². The van der Waals surface area contributed by atoms with Gasteiger partial charge in [-0.3, -0.25) is 9.11 Å². The molecule has 0 saturated carbocycles. The molecule has 10 nitrogen and oxygen atoms in total. The van der Waals surface area contributed by atoms with Gasteiger partial charge in [-0.1, -0.05) is 8.67 Å². The first-order valence-corrected chi connectivity index (χ1v) is 5.49. The van der Waals surface area contributed by atoms with E-state index in [0.717, 1.165) is 0 Å². The number of aliphatic hydroxyl groups is 1. The number of rotatable bonds is 4. The Morgan fingerprint density at radius 1 is 1.00 bits per heavy atom. The average Bonchev–Trinajstić information content (AvgIpc) is 1.99. The standard InChI is InChI=1S/C2H7NO.K.H2O8S2.H/c3-1-2-4;;1-9(2,3)7-8-10(4,5)6;/h4H,1-3H2;;(H,1,2,3)(H,4,5,6);. The molecule has 0 aliphatic carbocycles. The summed E-state index contributed by atoms with van der Waals surface area (Å²) in [6, 6.07) is 0. The van der Waals surface area contributed by atoms with Crippen molar-refractivity contribution in [1.29, 1.82) is 0 Å². The van der Waals surface area contributed by atoms with E-state index >= 15 is 0 Å². The van der Waals surface area contributed by atoms with Gasteiger partial charge in [0.15, 0.2) is 0 Å². The van der Waals surface area contributed by atoms with Gasteiger partial charge in [0, 0.05) is 6.54 Å². The van der Waals surface area contributed by atoms with Gasteiger partial charge in [-0.05, 0) is 0 Å². The second kappa shape index (κ2) is 10.5. The molecule has 15 heavy (non-hydrogen) atoms. The van der Waals surface area contributed by atoms with Gasteiger partial charge < -0.3 is 10.8 Å². The Bertz CT molecular complexity index is 286. The predicted octanol–water partition coefficient (Wildman–Crippen LogP) is -3.17. The molecule has 0 saturated heterocycles. The molecular formula is C2H10KNO9S2. The minimum atomic E-state index is -5.02. The monoisotopic (exact) mass is 295 g/mol. The van der Waals surface area contributed by atoms with E-state index in [4.69, 9.17) is 19.9 Å². The van der Waals surface area contributed by atoms with Gasteiger partial charge in [0.05, 0.1) is 6.61 Å². The molecule has 0 atom stereocenters. The molecule has 0 unspecified atom stereocenters. The molecule has 5 N–H and O–H groups in total. The van der Waals surface area contributed by atoms with Crippen LogP contribution in [-0.4, -0.2) is 95.6 Å². The summed E-state index contributed by atoms with van der Waals surface area (Å²) in [4.78, 5) is 0. The molecule has 0 spiro atoms. The van der Waals surface area contributed by atoms with Gasteiger partial charge in [-0.2, -0.15) is 16.8 Å². The van der Waals surface area contributed by atoms with Crippen LogP contribution in [0.2, 0.25) is 0 Å². The summed E-state index contributed by atoms with van der Waals surface area (Å²) >= 11 is 0. The van der Waals surface area contributed by atoms with Gasteiger partial charge in [-0.25, -0.2) is 0 Å². The van der Waals surface area contributed by atoms with Crippen molar-refractivity contribution in [3.05, 3.63) is 0 Å². The molecule has 0 aliphatic rings. The summed E-state index contributed by atoms with van der Waals surface area (Å²) in [7, 11) is -10.0. The summed E-state index contributed by atoms with van der Waals surface area (Å²) in [5.41, 5.74) is 4.78. The van der Waals surface area contributed by atoms with Crippen molar-refractivity contribution >= 4 is 72.2 Å². The van der Waals surface area contributed by atoms with Gasteiger partial charge in [0.25, 0.3) is 0 Å². The number of hydrogen-bond donors (Lipinski definition) is 4. The van der Waals surface area contributed by atoms with Crippen LogP contribution in [0.15, 0.2) is 0 Å². The fourth-order valence-electron chi connectivity index (χ4n) is 0.0702. The fourth-order valence-corrected chi connectivity index (χ4v) is 0.632. The molecule has 13 heteroatoms. The van der Waals surface area contributed by atoms with Crippen molar-refractivity contribution in [2.24, 2.45) is 5.73 Å². The Morgan fingerprint density at radius 2 is 1.20 bits per heavy atom. The number of nitrogens with two attached hydrogens (primary N) is 1. The van der Waals surface area contributed by atoms with E-state index in [1.807, 2.05) is 0 Å². The van der Waals surface area contributed by atoms with E-state index in [-0.39, 0.29) is 58.0 Å². The Kier molecular flexibility index (Phi) is 15.0. The van der Waals surface area contributed by atoms with Gasteiger partial charge in [0.1, 0.15) is 0 Å². The zero-order valence-electron chi connectivity index (χ0n) is 6.60. The fraction of sp³-hybridized carbons (Fsp3) is 1.00. The van der Waals surface area contributed by atoms with Crippen LogP contribution in [0.4, 0.5) is 0 Å². The van der Waals surface area contributed by atoms with Gasteiger partial charge in [0.2, 0.25) is 0 Å². The summed E-state index contributed by atoms with van der Waals surface area (Å²) in [5.74, 6) is 0. The molecule has 0 aliphatic heterocycles. The third-order valence-corrected chi connectivity index (χ3v) is 0.895. The summed E-state index contributed by atoms with van der Waals surface area (Å²) in [5, 5.41) is 7.75. The molecule has 0 amide bonds. The van der Waals surface area contributed by atoms with Gasteiger partial charge in [-0.15, -0.1) is 0 Å². The number of hydrogen-bond acceptors (Lipinski definition) is 8. The summed E-state index contributed by atoms with van der Waals surface area (Å²) in [6.07, 6.45) is 0. The van der Waals surface area contributed by atoms with Crippen molar-refractivity contribution in [1.82, 2.24) is 0 Å². The van der Waals surface area contributed by atoms with Crippen molar-refractivity contribution in [2.75, 3.05) is 13.2 Å². The molecular weight excluding hydrogens is 285 g/mol. The third-order valence-electron chi connectivity index (χ3n) is 0.329. The van der Waals surface area contributed by atoms with E-state index in [0.29, 0.717) is 6.54 Å². The first kappa shape index (κ1) is 21.6. The zero-order valence-corrected chi connectivity index (χ0v) is 8.23.